The highest BCUT2D eigenvalue weighted by molar-refractivity contribution is 6.11. The van der Waals surface area contributed by atoms with Crippen LogP contribution in [0.3, 0.4) is 0 Å². The van der Waals surface area contributed by atoms with Gasteiger partial charge in [-0.15, -0.1) is 0 Å². The number of ketones is 1. The Morgan fingerprint density at radius 2 is 1.73 bits per heavy atom. The second-order valence-electron chi connectivity index (χ2n) is 6.96. The third-order valence-corrected chi connectivity index (χ3v) is 5.28. The first kappa shape index (κ1) is 21.4. The van der Waals surface area contributed by atoms with Gasteiger partial charge >= 0.3 is 5.97 Å². The SMILES string of the molecule is CCOC(=O)C1C(=O)C=C(c2cc(OC)ccc2OC)CC1c1cccc(OC)c1. The molecule has 6 nitrogen and oxygen atoms in total. The lowest BCUT2D eigenvalue weighted by molar-refractivity contribution is -0.151. The van der Waals surface area contributed by atoms with E-state index in [9.17, 15) is 9.59 Å². The number of carbonyl (C=O) groups is 2. The standard InChI is InChI=1S/C24H26O6/c1-5-30-24(26)23-20(15-7-6-8-17(11-15)27-2)12-16(13-21(23)25)19-14-18(28-3)9-10-22(19)29-4/h6-11,13-14,20,23H,5,12H2,1-4H3. The summed E-state index contributed by atoms with van der Waals surface area (Å²) in [4.78, 5) is 25.8. The zero-order valence-corrected chi connectivity index (χ0v) is 17.6. The second kappa shape index (κ2) is 9.48. The topological polar surface area (TPSA) is 71.1 Å². The van der Waals surface area contributed by atoms with Crippen molar-refractivity contribution in [3.63, 3.8) is 0 Å². The van der Waals surface area contributed by atoms with Gasteiger partial charge in [-0.25, -0.2) is 0 Å². The molecule has 2 aromatic rings. The number of carbonyl (C=O) groups excluding carboxylic acids is 2. The molecule has 2 aromatic carbocycles. The lowest BCUT2D eigenvalue weighted by Gasteiger charge is -2.30. The zero-order valence-electron chi connectivity index (χ0n) is 17.6. The number of hydrogen-bond acceptors (Lipinski definition) is 6. The van der Waals surface area contributed by atoms with Crippen LogP contribution in [0, 0.1) is 5.92 Å². The van der Waals surface area contributed by atoms with Gasteiger partial charge in [-0.05, 0) is 60.9 Å². The molecule has 1 aliphatic rings. The van der Waals surface area contributed by atoms with Crippen LogP contribution < -0.4 is 14.2 Å². The maximum Gasteiger partial charge on any atom is 0.317 e. The molecule has 0 saturated heterocycles. The van der Waals surface area contributed by atoms with Gasteiger partial charge in [-0.2, -0.15) is 0 Å². The minimum absolute atomic E-state index is 0.216. The van der Waals surface area contributed by atoms with E-state index < -0.39 is 11.9 Å². The molecule has 0 radical (unpaired) electrons. The smallest absolute Gasteiger partial charge is 0.317 e. The predicted octanol–water partition coefficient (Wildman–Crippen LogP) is 4.03. The molecule has 30 heavy (non-hydrogen) atoms. The van der Waals surface area contributed by atoms with Crippen molar-refractivity contribution >= 4 is 17.3 Å². The third kappa shape index (κ3) is 4.32. The summed E-state index contributed by atoms with van der Waals surface area (Å²) < 4.78 is 21.4. The number of hydrogen-bond donors (Lipinski definition) is 0. The van der Waals surface area contributed by atoms with Crippen LogP contribution in [0.25, 0.3) is 5.57 Å². The highest BCUT2D eigenvalue weighted by Gasteiger charge is 2.40. The first-order valence-corrected chi connectivity index (χ1v) is 9.79. The van der Waals surface area contributed by atoms with E-state index in [0.29, 0.717) is 23.7 Å². The molecule has 0 spiro atoms. The van der Waals surface area contributed by atoms with Gasteiger partial charge in [0.2, 0.25) is 0 Å². The van der Waals surface area contributed by atoms with Gasteiger partial charge in [0.05, 0.1) is 27.9 Å². The van der Waals surface area contributed by atoms with Gasteiger partial charge in [0, 0.05) is 11.5 Å². The molecular formula is C24H26O6. The molecule has 6 heteroatoms. The molecule has 0 fully saturated rings. The van der Waals surface area contributed by atoms with Crippen LogP contribution in [0.4, 0.5) is 0 Å². The van der Waals surface area contributed by atoms with E-state index in [0.717, 1.165) is 16.7 Å². The average molecular weight is 410 g/mol. The quantitative estimate of drug-likeness (QED) is 0.507. The van der Waals surface area contributed by atoms with Crippen LogP contribution in [-0.4, -0.2) is 39.7 Å². The molecule has 0 saturated carbocycles. The zero-order chi connectivity index (χ0) is 21.7. The average Bonchev–Trinajstić information content (AvgIpc) is 2.78. The van der Waals surface area contributed by atoms with E-state index in [1.54, 1.807) is 40.4 Å². The summed E-state index contributed by atoms with van der Waals surface area (Å²) in [5.41, 5.74) is 2.39. The second-order valence-corrected chi connectivity index (χ2v) is 6.96. The summed E-state index contributed by atoms with van der Waals surface area (Å²) in [7, 11) is 4.75. The number of rotatable bonds is 7. The summed E-state index contributed by atoms with van der Waals surface area (Å²) in [6, 6.07) is 12.9. The molecule has 0 aliphatic heterocycles. The molecule has 3 rings (SSSR count). The van der Waals surface area contributed by atoms with Crippen LogP contribution in [0.1, 0.15) is 30.4 Å². The Morgan fingerprint density at radius 3 is 2.40 bits per heavy atom. The fraction of sp³-hybridized carbons (Fsp3) is 0.333. The van der Waals surface area contributed by atoms with Gasteiger partial charge in [0.25, 0.3) is 0 Å². The van der Waals surface area contributed by atoms with Gasteiger partial charge in [-0.1, -0.05) is 12.1 Å². The number of benzene rings is 2. The maximum absolute atomic E-state index is 13.1. The molecule has 2 unspecified atom stereocenters. The van der Waals surface area contributed by atoms with Crippen molar-refractivity contribution in [2.24, 2.45) is 5.92 Å². The van der Waals surface area contributed by atoms with E-state index in [4.69, 9.17) is 18.9 Å². The van der Waals surface area contributed by atoms with Crippen LogP contribution in [0.2, 0.25) is 0 Å². The highest BCUT2D eigenvalue weighted by Crippen LogP contribution is 2.43. The number of allylic oxidation sites excluding steroid dienone is 2. The molecule has 1 aliphatic carbocycles. The Bertz CT molecular complexity index is 962. The van der Waals surface area contributed by atoms with Crippen molar-refractivity contribution in [1.82, 2.24) is 0 Å². The number of esters is 1. The Labute approximate surface area is 176 Å². The molecule has 0 amide bonds. The summed E-state index contributed by atoms with van der Waals surface area (Å²) in [5.74, 6) is -0.133. The van der Waals surface area contributed by atoms with E-state index in [1.807, 2.05) is 30.3 Å². The van der Waals surface area contributed by atoms with E-state index in [2.05, 4.69) is 0 Å². The lowest BCUT2D eigenvalue weighted by Crippen LogP contribution is -2.34. The predicted molar refractivity (Wildman–Crippen MR) is 113 cm³/mol. The van der Waals surface area contributed by atoms with Crippen molar-refractivity contribution in [1.29, 1.82) is 0 Å². The summed E-state index contributed by atoms with van der Waals surface area (Å²) in [5, 5.41) is 0. The summed E-state index contributed by atoms with van der Waals surface area (Å²) in [6.07, 6.45) is 1.99. The van der Waals surface area contributed by atoms with E-state index in [-0.39, 0.29) is 18.3 Å². The number of methoxy groups -OCH3 is 3. The molecule has 0 N–H and O–H groups in total. The van der Waals surface area contributed by atoms with Gasteiger partial charge in [-0.3, -0.25) is 9.59 Å². The lowest BCUT2D eigenvalue weighted by atomic mass is 9.73. The Balaban J connectivity index is 2.09. The molecule has 0 heterocycles. The Morgan fingerprint density at radius 1 is 1.00 bits per heavy atom. The first-order valence-electron chi connectivity index (χ1n) is 9.79. The van der Waals surface area contributed by atoms with Crippen molar-refractivity contribution in [2.45, 2.75) is 19.3 Å². The van der Waals surface area contributed by atoms with Crippen LogP contribution in [-0.2, 0) is 14.3 Å². The van der Waals surface area contributed by atoms with Crippen molar-refractivity contribution < 1.29 is 28.5 Å². The van der Waals surface area contributed by atoms with Gasteiger partial charge in [0.1, 0.15) is 23.2 Å². The first-order chi connectivity index (χ1) is 14.5. The minimum Gasteiger partial charge on any atom is -0.497 e. The monoisotopic (exact) mass is 410 g/mol. The third-order valence-electron chi connectivity index (χ3n) is 5.28. The maximum atomic E-state index is 13.1. The van der Waals surface area contributed by atoms with Crippen LogP contribution in [0.15, 0.2) is 48.5 Å². The van der Waals surface area contributed by atoms with Gasteiger partial charge in [0.15, 0.2) is 5.78 Å². The molecule has 2 atom stereocenters. The largest absolute Gasteiger partial charge is 0.497 e. The summed E-state index contributed by atoms with van der Waals surface area (Å²) in [6.45, 7) is 1.95. The molecular weight excluding hydrogens is 384 g/mol. The highest BCUT2D eigenvalue weighted by atomic mass is 16.5. The fourth-order valence-corrected chi connectivity index (χ4v) is 3.82. The normalized spacial score (nSPS) is 18.4. The molecule has 158 valence electrons. The summed E-state index contributed by atoms with van der Waals surface area (Å²) >= 11 is 0. The Hall–Kier alpha value is -3.28. The molecule has 0 bridgehead atoms. The van der Waals surface area contributed by atoms with Crippen LogP contribution in [0.5, 0.6) is 17.2 Å². The van der Waals surface area contributed by atoms with Crippen molar-refractivity contribution in [2.75, 3.05) is 27.9 Å². The number of ether oxygens (including phenoxy) is 4. The fourth-order valence-electron chi connectivity index (χ4n) is 3.82. The van der Waals surface area contributed by atoms with Crippen LogP contribution >= 0.6 is 0 Å². The Kier molecular flexibility index (Phi) is 6.77. The van der Waals surface area contributed by atoms with Gasteiger partial charge < -0.3 is 18.9 Å². The molecule has 0 aromatic heterocycles. The minimum atomic E-state index is -0.905. The van der Waals surface area contributed by atoms with E-state index in [1.165, 1.54) is 6.08 Å². The van der Waals surface area contributed by atoms with Crippen molar-refractivity contribution in [3.05, 3.63) is 59.7 Å². The van der Waals surface area contributed by atoms with E-state index >= 15 is 0 Å². The van der Waals surface area contributed by atoms with Crippen molar-refractivity contribution in [3.8, 4) is 17.2 Å².